The number of benzene rings is 2. The molecule has 0 bridgehead atoms. The average molecular weight is 369 g/mol. The van der Waals surface area contributed by atoms with Crippen LogP contribution in [-0.4, -0.2) is 31.3 Å². The number of aryl methyl sites for hydroxylation is 1. The van der Waals surface area contributed by atoms with Crippen molar-refractivity contribution in [3.8, 4) is 5.69 Å². The molecule has 0 atom stereocenters. The van der Waals surface area contributed by atoms with Crippen molar-refractivity contribution in [1.82, 2.24) is 14.8 Å². The third-order valence-electron chi connectivity index (χ3n) is 3.51. The molecule has 3 aromatic rings. The van der Waals surface area contributed by atoms with Gasteiger partial charge in [0.15, 0.2) is 0 Å². The SMILES string of the molecule is Cc1ccc(NC(=O)CSc2ncn(-c3ccccc3)n2)cc1[N+](=O)[O-]. The van der Waals surface area contributed by atoms with Gasteiger partial charge in [0, 0.05) is 17.3 Å². The van der Waals surface area contributed by atoms with Crippen molar-refractivity contribution in [3.05, 3.63) is 70.5 Å². The Kier molecular flexibility index (Phi) is 5.28. The summed E-state index contributed by atoms with van der Waals surface area (Å²) in [5, 5.41) is 18.4. The average Bonchev–Trinajstić information content (AvgIpc) is 3.11. The van der Waals surface area contributed by atoms with E-state index in [1.54, 1.807) is 30.1 Å². The van der Waals surface area contributed by atoms with E-state index < -0.39 is 4.92 Å². The van der Waals surface area contributed by atoms with Gasteiger partial charge < -0.3 is 5.32 Å². The summed E-state index contributed by atoms with van der Waals surface area (Å²) < 4.78 is 1.63. The number of aromatic nitrogens is 3. The highest BCUT2D eigenvalue weighted by Crippen LogP contribution is 2.22. The molecule has 9 heteroatoms. The van der Waals surface area contributed by atoms with Gasteiger partial charge in [-0.05, 0) is 25.1 Å². The van der Waals surface area contributed by atoms with E-state index in [4.69, 9.17) is 0 Å². The Labute approximate surface area is 153 Å². The van der Waals surface area contributed by atoms with E-state index in [0.717, 1.165) is 5.69 Å². The second kappa shape index (κ2) is 7.79. The number of hydrogen-bond donors (Lipinski definition) is 1. The number of amides is 1. The second-order valence-electron chi connectivity index (χ2n) is 5.40. The largest absolute Gasteiger partial charge is 0.325 e. The van der Waals surface area contributed by atoms with Crippen LogP contribution in [0.2, 0.25) is 0 Å². The number of nitrogens with zero attached hydrogens (tertiary/aromatic N) is 4. The molecule has 1 aromatic heterocycles. The summed E-state index contributed by atoms with van der Waals surface area (Å²) in [5.41, 5.74) is 1.77. The van der Waals surface area contributed by atoms with E-state index in [9.17, 15) is 14.9 Å². The molecule has 0 radical (unpaired) electrons. The highest BCUT2D eigenvalue weighted by Gasteiger charge is 2.13. The van der Waals surface area contributed by atoms with Crippen molar-refractivity contribution >= 4 is 29.0 Å². The van der Waals surface area contributed by atoms with Crippen LogP contribution in [0.15, 0.2) is 60.0 Å². The predicted molar refractivity (Wildman–Crippen MR) is 98.5 cm³/mol. The number of anilines is 1. The van der Waals surface area contributed by atoms with Gasteiger partial charge in [0.1, 0.15) is 6.33 Å². The molecule has 132 valence electrons. The summed E-state index contributed by atoms with van der Waals surface area (Å²) in [4.78, 5) is 26.7. The minimum Gasteiger partial charge on any atom is -0.325 e. The Morgan fingerprint density at radius 1 is 1.27 bits per heavy atom. The maximum Gasteiger partial charge on any atom is 0.274 e. The van der Waals surface area contributed by atoms with Gasteiger partial charge in [-0.25, -0.2) is 9.67 Å². The fourth-order valence-corrected chi connectivity index (χ4v) is 2.83. The van der Waals surface area contributed by atoms with Gasteiger partial charge in [-0.1, -0.05) is 36.0 Å². The molecule has 0 spiro atoms. The number of thioether (sulfide) groups is 1. The van der Waals surface area contributed by atoms with E-state index >= 15 is 0 Å². The monoisotopic (exact) mass is 369 g/mol. The molecule has 3 rings (SSSR count). The lowest BCUT2D eigenvalue weighted by Crippen LogP contribution is -2.14. The molecule has 0 fully saturated rings. The summed E-state index contributed by atoms with van der Waals surface area (Å²) in [6, 6.07) is 14.1. The molecule has 8 nitrogen and oxygen atoms in total. The molecule has 1 amide bonds. The van der Waals surface area contributed by atoms with E-state index in [2.05, 4.69) is 15.4 Å². The number of rotatable bonds is 6. The zero-order valence-corrected chi connectivity index (χ0v) is 14.6. The van der Waals surface area contributed by atoms with Crippen LogP contribution in [-0.2, 0) is 4.79 Å². The van der Waals surface area contributed by atoms with Crippen LogP contribution in [0.1, 0.15) is 5.56 Å². The maximum atomic E-state index is 12.1. The van der Waals surface area contributed by atoms with E-state index in [-0.39, 0.29) is 17.3 Å². The first-order valence-electron chi connectivity index (χ1n) is 7.68. The smallest absolute Gasteiger partial charge is 0.274 e. The molecule has 0 aliphatic heterocycles. The van der Waals surface area contributed by atoms with E-state index in [1.165, 1.54) is 17.8 Å². The zero-order valence-electron chi connectivity index (χ0n) is 13.8. The van der Waals surface area contributed by atoms with Crippen molar-refractivity contribution < 1.29 is 9.72 Å². The second-order valence-corrected chi connectivity index (χ2v) is 6.34. The molecule has 0 saturated heterocycles. The highest BCUT2D eigenvalue weighted by atomic mass is 32.2. The van der Waals surface area contributed by atoms with Crippen LogP contribution in [0.25, 0.3) is 5.69 Å². The van der Waals surface area contributed by atoms with Gasteiger partial charge in [-0.2, -0.15) is 0 Å². The Hall–Kier alpha value is -3.20. The first kappa shape index (κ1) is 17.6. The van der Waals surface area contributed by atoms with Gasteiger partial charge in [0.25, 0.3) is 5.69 Å². The van der Waals surface area contributed by atoms with Crippen molar-refractivity contribution in [2.75, 3.05) is 11.1 Å². The molecule has 0 aliphatic rings. The fraction of sp³-hybridized carbons (Fsp3) is 0.118. The van der Waals surface area contributed by atoms with Crippen LogP contribution in [0.5, 0.6) is 0 Å². The highest BCUT2D eigenvalue weighted by molar-refractivity contribution is 7.99. The van der Waals surface area contributed by atoms with Crippen LogP contribution in [0.4, 0.5) is 11.4 Å². The number of nitro groups is 1. The van der Waals surface area contributed by atoms with E-state index in [0.29, 0.717) is 16.4 Å². The maximum absolute atomic E-state index is 12.1. The van der Waals surface area contributed by atoms with Crippen LogP contribution in [0, 0.1) is 17.0 Å². The minimum atomic E-state index is -0.472. The van der Waals surface area contributed by atoms with Crippen LogP contribution in [0.3, 0.4) is 0 Å². The number of para-hydroxylation sites is 1. The summed E-state index contributed by atoms with van der Waals surface area (Å²) in [7, 11) is 0. The van der Waals surface area contributed by atoms with Gasteiger partial charge >= 0.3 is 0 Å². The normalized spacial score (nSPS) is 10.5. The Bertz CT molecular complexity index is 943. The van der Waals surface area contributed by atoms with Gasteiger partial charge in [0.2, 0.25) is 11.1 Å². The van der Waals surface area contributed by atoms with E-state index in [1.807, 2.05) is 30.3 Å². The van der Waals surface area contributed by atoms with Crippen molar-refractivity contribution in [3.63, 3.8) is 0 Å². The zero-order chi connectivity index (χ0) is 18.5. The minimum absolute atomic E-state index is 0.0290. The summed E-state index contributed by atoms with van der Waals surface area (Å²) in [5.74, 6) is -0.190. The molecule has 1 heterocycles. The van der Waals surface area contributed by atoms with Gasteiger partial charge in [-0.3, -0.25) is 14.9 Å². The lowest BCUT2D eigenvalue weighted by atomic mass is 10.2. The number of hydrogen-bond acceptors (Lipinski definition) is 6. The third-order valence-corrected chi connectivity index (χ3v) is 4.37. The number of carbonyl (C=O) groups excluding carboxylic acids is 1. The number of carbonyl (C=O) groups is 1. The summed E-state index contributed by atoms with van der Waals surface area (Å²) in [6.45, 7) is 1.65. The standard InChI is InChI=1S/C17H15N5O3S/c1-12-7-8-13(9-15(12)22(24)25)19-16(23)10-26-17-18-11-21(20-17)14-5-3-2-4-6-14/h2-9,11H,10H2,1H3,(H,19,23). The van der Waals surface area contributed by atoms with Crippen molar-refractivity contribution in [2.24, 2.45) is 0 Å². The first-order chi connectivity index (χ1) is 12.5. The van der Waals surface area contributed by atoms with Gasteiger partial charge in [0.05, 0.1) is 16.4 Å². The van der Waals surface area contributed by atoms with Crippen molar-refractivity contribution in [1.29, 1.82) is 0 Å². The summed E-state index contributed by atoms with van der Waals surface area (Å²) in [6.07, 6.45) is 1.58. The molecule has 0 aliphatic carbocycles. The Morgan fingerprint density at radius 2 is 2.04 bits per heavy atom. The number of nitro benzene ring substituents is 1. The lowest BCUT2D eigenvalue weighted by molar-refractivity contribution is -0.385. The van der Waals surface area contributed by atoms with Gasteiger partial charge in [-0.15, -0.1) is 5.10 Å². The predicted octanol–water partition coefficient (Wildman–Crippen LogP) is 3.21. The first-order valence-corrected chi connectivity index (χ1v) is 8.66. The topological polar surface area (TPSA) is 103 Å². The van der Waals surface area contributed by atoms with Crippen LogP contribution >= 0.6 is 11.8 Å². The molecule has 0 unspecified atom stereocenters. The van der Waals surface area contributed by atoms with Crippen LogP contribution < -0.4 is 5.32 Å². The Balaban J connectivity index is 1.59. The number of nitrogens with one attached hydrogen (secondary N) is 1. The molecule has 1 N–H and O–H groups in total. The molecular weight excluding hydrogens is 354 g/mol. The summed E-state index contributed by atoms with van der Waals surface area (Å²) >= 11 is 1.19. The Morgan fingerprint density at radius 3 is 2.77 bits per heavy atom. The quantitative estimate of drug-likeness (QED) is 0.406. The molecule has 0 saturated carbocycles. The molecule has 2 aromatic carbocycles. The molecular formula is C17H15N5O3S. The molecule has 26 heavy (non-hydrogen) atoms. The third kappa shape index (κ3) is 4.25. The fourth-order valence-electron chi connectivity index (χ4n) is 2.23. The lowest BCUT2D eigenvalue weighted by Gasteiger charge is -2.05. The van der Waals surface area contributed by atoms with Crippen molar-refractivity contribution in [2.45, 2.75) is 12.1 Å².